The van der Waals surface area contributed by atoms with Crippen molar-refractivity contribution >= 4 is 11.9 Å². The number of carbonyl (C=O) groups is 2. The maximum Gasteiger partial charge on any atom is 0.309 e. The van der Waals surface area contributed by atoms with Gasteiger partial charge in [-0.05, 0) is 45.6 Å². The van der Waals surface area contributed by atoms with Crippen molar-refractivity contribution in [3.63, 3.8) is 0 Å². The van der Waals surface area contributed by atoms with Crippen LogP contribution >= 0.6 is 0 Å². The summed E-state index contributed by atoms with van der Waals surface area (Å²) in [5, 5.41) is 12.6. The number of carboxylic acid groups (broad SMARTS) is 1. The van der Waals surface area contributed by atoms with Crippen LogP contribution in [0.4, 0.5) is 0 Å². The lowest BCUT2D eigenvalue weighted by atomic mass is 9.79. The Hall–Kier alpha value is -1.10. The molecule has 5 nitrogen and oxygen atoms in total. The normalized spacial score (nSPS) is 30.3. The van der Waals surface area contributed by atoms with Gasteiger partial charge in [-0.15, -0.1) is 0 Å². The third-order valence-electron chi connectivity index (χ3n) is 4.93. The summed E-state index contributed by atoms with van der Waals surface area (Å²) in [5.41, 5.74) is -1.06. The molecule has 1 amide bonds. The summed E-state index contributed by atoms with van der Waals surface area (Å²) >= 11 is 0. The van der Waals surface area contributed by atoms with E-state index in [2.05, 4.69) is 5.32 Å². The molecule has 19 heavy (non-hydrogen) atoms. The summed E-state index contributed by atoms with van der Waals surface area (Å²) in [6, 6.07) is 0. The first kappa shape index (κ1) is 14.3. The van der Waals surface area contributed by atoms with E-state index in [0.717, 1.165) is 25.8 Å². The van der Waals surface area contributed by atoms with Gasteiger partial charge in [0, 0.05) is 13.1 Å². The first-order chi connectivity index (χ1) is 8.93. The number of nitrogens with zero attached hydrogens (tertiary/aromatic N) is 1. The number of carbonyl (C=O) groups excluding carboxylic acids is 1. The molecule has 0 aromatic rings. The van der Waals surface area contributed by atoms with Crippen molar-refractivity contribution in [2.45, 2.75) is 51.5 Å². The van der Waals surface area contributed by atoms with Crippen molar-refractivity contribution < 1.29 is 14.7 Å². The summed E-state index contributed by atoms with van der Waals surface area (Å²) in [4.78, 5) is 25.7. The molecule has 2 aliphatic rings. The molecule has 1 unspecified atom stereocenters. The molecule has 5 heteroatoms. The van der Waals surface area contributed by atoms with E-state index in [4.69, 9.17) is 0 Å². The van der Waals surface area contributed by atoms with Crippen LogP contribution in [-0.2, 0) is 9.59 Å². The fraction of sp³-hybridized carbons (Fsp3) is 0.857. The average molecular weight is 268 g/mol. The second-order valence-corrected chi connectivity index (χ2v) is 6.12. The lowest BCUT2D eigenvalue weighted by Crippen LogP contribution is -2.57. The predicted molar refractivity (Wildman–Crippen MR) is 71.8 cm³/mol. The molecule has 1 atom stereocenters. The molecule has 0 bridgehead atoms. The Morgan fingerprint density at radius 2 is 1.89 bits per heavy atom. The highest BCUT2D eigenvalue weighted by molar-refractivity contribution is 5.87. The van der Waals surface area contributed by atoms with Gasteiger partial charge in [0.2, 0.25) is 5.91 Å². The van der Waals surface area contributed by atoms with Crippen molar-refractivity contribution in [3.8, 4) is 0 Å². The SMILES string of the molecule is CCC1(C(=O)N2CCC(C)(C(=O)O)CC2)CCCN1. The number of amides is 1. The Morgan fingerprint density at radius 3 is 2.32 bits per heavy atom. The second-order valence-electron chi connectivity index (χ2n) is 6.12. The molecular weight excluding hydrogens is 244 g/mol. The number of aliphatic carboxylic acids is 1. The standard InChI is InChI=1S/C14H24N2O3/c1-3-14(5-4-8-15-14)11(17)16-9-6-13(2,7-10-16)12(18)19/h15H,3-10H2,1-2H3,(H,18,19). The first-order valence-corrected chi connectivity index (χ1v) is 7.21. The molecule has 2 fully saturated rings. The molecule has 2 saturated heterocycles. The van der Waals surface area contributed by atoms with E-state index in [1.807, 2.05) is 11.8 Å². The van der Waals surface area contributed by atoms with E-state index in [0.29, 0.717) is 25.9 Å². The number of hydrogen-bond acceptors (Lipinski definition) is 3. The number of nitrogens with one attached hydrogen (secondary N) is 1. The smallest absolute Gasteiger partial charge is 0.309 e. The highest BCUT2D eigenvalue weighted by atomic mass is 16.4. The Labute approximate surface area is 114 Å². The van der Waals surface area contributed by atoms with E-state index in [9.17, 15) is 14.7 Å². The monoisotopic (exact) mass is 268 g/mol. The van der Waals surface area contributed by atoms with E-state index in [1.165, 1.54) is 0 Å². The summed E-state index contributed by atoms with van der Waals surface area (Å²) < 4.78 is 0. The highest BCUT2D eigenvalue weighted by Crippen LogP contribution is 2.33. The van der Waals surface area contributed by atoms with Crippen LogP contribution < -0.4 is 5.32 Å². The zero-order valence-corrected chi connectivity index (χ0v) is 11.9. The van der Waals surface area contributed by atoms with Gasteiger partial charge in [-0.3, -0.25) is 9.59 Å². The van der Waals surface area contributed by atoms with Gasteiger partial charge in [-0.25, -0.2) is 0 Å². The molecule has 0 aromatic carbocycles. The minimum absolute atomic E-state index is 0.167. The van der Waals surface area contributed by atoms with Crippen LogP contribution in [0.15, 0.2) is 0 Å². The first-order valence-electron chi connectivity index (χ1n) is 7.21. The van der Waals surface area contributed by atoms with Gasteiger partial charge in [0.1, 0.15) is 0 Å². The Morgan fingerprint density at radius 1 is 1.26 bits per heavy atom. The fourth-order valence-electron chi connectivity index (χ4n) is 3.16. The van der Waals surface area contributed by atoms with Gasteiger partial charge in [-0.2, -0.15) is 0 Å². The Kier molecular flexibility index (Phi) is 3.85. The lowest BCUT2D eigenvalue weighted by Gasteiger charge is -2.40. The van der Waals surface area contributed by atoms with E-state index in [1.54, 1.807) is 6.92 Å². The molecule has 0 spiro atoms. The van der Waals surface area contributed by atoms with Crippen LogP contribution in [0.25, 0.3) is 0 Å². The molecule has 0 saturated carbocycles. The molecule has 2 heterocycles. The summed E-state index contributed by atoms with van der Waals surface area (Å²) in [7, 11) is 0. The lowest BCUT2D eigenvalue weighted by molar-refractivity contribution is -0.154. The molecule has 0 aromatic heterocycles. The maximum absolute atomic E-state index is 12.7. The van der Waals surface area contributed by atoms with Crippen molar-refractivity contribution in [2.75, 3.05) is 19.6 Å². The van der Waals surface area contributed by atoms with Crippen molar-refractivity contribution in [1.29, 1.82) is 0 Å². The molecule has 0 radical (unpaired) electrons. The van der Waals surface area contributed by atoms with Crippen molar-refractivity contribution in [1.82, 2.24) is 10.2 Å². The van der Waals surface area contributed by atoms with E-state index >= 15 is 0 Å². The molecule has 2 N–H and O–H groups in total. The molecule has 2 rings (SSSR count). The summed E-state index contributed by atoms with van der Waals surface area (Å²) in [6.07, 6.45) is 3.84. The van der Waals surface area contributed by atoms with Crippen LogP contribution in [0.5, 0.6) is 0 Å². The van der Waals surface area contributed by atoms with Gasteiger partial charge in [0.15, 0.2) is 0 Å². The number of rotatable bonds is 3. The minimum atomic E-state index is -0.746. The van der Waals surface area contributed by atoms with E-state index < -0.39 is 16.9 Å². The topological polar surface area (TPSA) is 69.6 Å². The number of piperidine rings is 1. The van der Waals surface area contributed by atoms with Crippen molar-refractivity contribution in [2.24, 2.45) is 5.41 Å². The fourth-order valence-corrected chi connectivity index (χ4v) is 3.16. The number of carboxylic acids is 1. The number of likely N-dealkylation sites (tertiary alicyclic amines) is 1. The van der Waals surface area contributed by atoms with Gasteiger partial charge in [0.05, 0.1) is 11.0 Å². The van der Waals surface area contributed by atoms with Gasteiger partial charge in [-0.1, -0.05) is 6.92 Å². The van der Waals surface area contributed by atoms with Crippen LogP contribution in [0.3, 0.4) is 0 Å². The molecule has 108 valence electrons. The predicted octanol–water partition coefficient (Wildman–Crippen LogP) is 1.23. The maximum atomic E-state index is 12.7. The van der Waals surface area contributed by atoms with Crippen LogP contribution in [0.2, 0.25) is 0 Å². The van der Waals surface area contributed by atoms with Gasteiger partial charge in [0.25, 0.3) is 0 Å². The number of hydrogen-bond donors (Lipinski definition) is 2. The third-order valence-corrected chi connectivity index (χ3v) is 4.93. The van der Waals surface area contributed by atoms with Crippen LogP contribution in [0, 0.1) is 5.41 Å². The van der Waals surface area contributed by atoms with Crippen LogP contribution in [0.1, 0.15) is 46.0 Å². The largest absolute Gasteiger partial charge is 0.481 e. The summed E-state index contributed by atoms with van der Waals surface area (Å²) in [6.45, 7) is 5.85. The zero-order chi connectivity index (χ0) is 14.1. The Bertz CT molecular complexity index is 367. The van der Waals surface area contributed by atoms with Gasteiger partial charge >= 0.3 is 5.97 Å². The molecule has 0 aliphatic carbocycles. The molecular formula is C14H24N2O3. The third kappa shape index (κ3) is 2.48. The minimum Gasteiger partial charge on any atom is -0.481 e. The highest BCUT2D eigenvalue weighted by Gasteiger charge is 2.45. The molecule has 2 aliphatic heterocycles. The quantitative estimate of drug-likeness (QED) is 0.808. The second kappa shape index (κ2) is 5.12. The summed E-state index contributed by atoms with van der Waals surface area (Å²) in [5.74, 6) is -0.580. The Balaban J connectivity index is 2.01. The average Bonchev–Trinajstić information content (AvgIpc) is 2.88. The van der Waals surface area contributed by atoms with Crippen LogP contribution in [-0.4, -0.2) is 47.1 Å². The van der Waals surface area contributed by atoms with Gasteiger partial charge < -0.3 is 15.3 Å². The van der Waals surface area contributed by atoms with E-state index in [-0.39, 0.29) is 5.91 Å². The van der Waals surface area contributed by atoms with Crippen molar-refractivity contribution in [3.05, 3.63) is 0 Å². The zero-order valence-electron chi connectivity index (χ0n) is 11.9.